The number of aromatic nitrogens is 1. The smallest absolute Gasteiger partial charge is 0.305 e. The molecule has 10 heteroatoms. The van der Waals surface area contributed by atoms with Crippen molar-refractivity contribution in [1.29, 1.82) is 0 Å². The maximum absolute atomic E-state index is 14.3. The molecule has 42 heavy (non-hydrogen) atoms. The van der Waals surface area contributed by atoms with Crippen molar-refractivity contribution < 1.29 is 33.3 Å². The second-order valence-corrected chi connectivity index (χ2v) is 11.0. The molecule has 1 N–H and O–H groups in total. The van der Waals surface area contributed by atoms with Gasteiger partial charge in [-0.05, 0) is 43.2 Å². The van der Waals surface area contributed by atoms with Crippen molar-refractivity contribution in [2.24, 2.45) is 7.05 Å². The standard InChI is InChI=1S/C32H34N2O8/c1-17(35)40-30-27-24(42-32(3,4)31(30)41-18(2)36)16-22(33-13-9-12-25(37)39-6)26-28(27)34(5)23-15-20-11-8-7-10-19(20)14-21(23)29(26)38/h7-8,10-11,14-16,30-31,33H,9,12-13H2,1-6H3/t30-,31-/m1/s1. The second-order valence-electron chi connectivity index (χ2n) is 11.0. The van der Waals surface area contributed by atoms with Gasteiger partial charge in [-0.15, -0.1) is 0 Å². The molecular weight excluding hydrogens is 540 g/mol. The first-order valence-corrected chi connectivity index (χ1v) is 13.8. The average molecular weight is 575 g/mol. The van der Waals surface area contributed by atoms with Crippen LogP contribution in [0.25, 0.3) is 32.6 Å². The number of hydrogen-bond acceptors (Lipinski definition) is 9. The third-order valence-electron chi connectivity index (χ3n) is 7.64. The fourth-order valence-electron chi connectivity index (χ4n) is 5.78. The highest BCUT2D eigenvalue weighted by Crippen LogP contribution is 2.48. The van der Waals surface area contributed by atoms with Crippen molar-refractivity contribution in [1.82, 2.24) is 4.57 Å². The van der Waals surface area contributed by atoms with E-state index in [-0.39, 0.29) is 17.8 Å². The van der Waals surface area contributed by atoms with Gasteiger partial charge >= 0.3 is 17.9 Å². The highest BCUT2D eigenvalue weighted by molar-refractivity contribution is 6.06. The molecule has 1 aliphatic rings. The summed E-state index contributed by atoms with van der Waals surface area (Å²) in [7, 11) is 3.18. The third kappa shape index (κ3) is 5.13. The Hall–Kier alpha value is -4.60. The summed E-state index contributed by atoms with van der Waals surface area (Å²) in [5, 5.41) is 6.07. The molecule has 2 atom stereocenters. The Morgan fingerprint density at radius 2 is 1.69 bits per heavy atom. The number of nitrogens with zero attached hydrogens (tertiary/aromatic N) is 1. The summed E-state index contributed by atoms with van der Waals surface area (Å²) in [6.45, 7) is 6.45. The number of methoxy groups -OCH3 is 1. The van der Waals surface area contributed by atoms with E-state index in [1.54, 1.807) is 19.9 Å². The van der Waals surface area contributed by atoms with Crippen LogP contribution in [0.4, 0.5) is 5.69 Å². The number of benzene rings is 3. The predicted octanol–water partition coefficient (Wildman–Crippen LogP) is 4.92. The Labute approximate surface area is 242 Å². The fourth-order valence-corrected chi connectivity index (χ4v) is 5.78. The Morgan fingerprint density at radius 3 is 2.33 bits per heavy atom. The van der Waals surface area contributed by atoms with Gasteiger partial charge in [0.15, 0.2) is 17.6 Å². The molecule has 4 aromatic rings. The molecule has 1 aromatic heterocycles. The number of esters is 3. The molecule has 1 aliphatic heterocycles. The SMILES string of the molecule is COC(=O)CCCNc1cc2c(c3c1c(=O)c1cc4ccccc4cc1n3C)[C@@H](OC(C)=O)[C@@H](OC(C)=O)C(C)(C)O2. The number of anilines is 1. The van der Waals surface area contributed by atoms with Gasteiger partial charge in [0.05, 0.1) is 34.8 Å². The first kappa shape index (κ1) is 28.9. The lowest BCUT2D eigenvalue weighted by molar-refractivity contribution is -0.187. The Kier molecular flexibility index (Phi) is 7.57. The lowest BCUT2D eigenvalue weighted by Crippen LogP contribution is -2.52. The average Bonchev–Trinajstić information content (AvgIpc) is 2.93. The number of pyridine rings is 1. The number of aryl methyl sites for hydroxylation is 1. The van der Waals surface area contributed by atoms with E-state index in [1.807, 2.05) is 48.0 Å². The van der Waals surface area contributed by atoms with Gasteiger partial charge < -0.3 is 28.8 Å². The number of carbonyl (C=O) groups excluding carboxylic acids is 3. The van der Waals surface area contributed by atoms with Crippen LogP contribution < -0.4 is 15.5 Å². The van der Waals surface area contributed by atoms with Crippen molar-refractivity contribution in [2.45, 2.75) is 58.3 Å². The summed E-state index contributed by atoms with van der Waals surface area (Å²) < 4.78 is 24.6. The molecule has 0 saturated carbocycles. The largest absolute Gasteiger partial charge is 0.483 e. The normalized spacial score (nSPS) is 17.4. The van der Waals surface area contributed by atoms with Crippen LogP contribution in [0.3, 0.4) is 0 Å². The van der Waals surface area contributed by atoms with Crippen LogP contribution in [-0.4, -0.2) is 47.8 Å². The summed E-state index contributed by atoms with van der Waals surface area (Å²) in [6.07, 6.45) is -1.36. The quantitative estimate of drug-likeness (QED) is 0.142. The van der Waals surface area contributed by atoms with Crippen molar-refractivity contribution in [3.05, 3.63) is 58.3 Å². The molecule has 10 nitrogen and oxygen atoms in total. The molecule has 5 rings (SSSR count). The molecule has 0 unspecified atom stereocenters. The van der Waals surface area contributed by atoms with Crippen LogP contribution in [0.15, 0.2) is 47.3 Å². The molecule has 3 aromatic carbocycles. The predicted molar refractivity (Wildman–Crippen MR) is 159 cm³/mol. The van der Waals surface area contributed by atoms with E-state index in [0.29, 0.717) is 51.8 Å². The van der Waals surface area contributed by atoms with Crippen molar-refractivity contribution in [2.75, 3.05) is 19.0 Å². The van der Waals surface area contributed by atoms with Crippen LogP contribution in [0.5, 0.6) is 5.75 Å². The minimum absolute atomic E-state index is 0.210. The maximum atomic E-state index is 14.3. The van der Waals surface area contributed by atoms with Crippen molar-refractivity contribution >= 4 is 56.2 Å². The highest BCUT2D eigenvalue weighted by Gasteiger charge is 2.50. The lowest BCUT2D eigenvalue weighted by Gasteiger charge is -2.43. The Balaban J connectivity index is 1.84. The van der Waals surface area contributed by atoms with Gasteiger partial charge in [-0.1, -0.05) is 24.3 Å². The van der Waals surface area contributed by atoms with Crippen molar-refractivity contribution in [3.63, 3.8) is 0 Å². The molecule has 0 saturated heterocycles. The van der Waals surface area contributed by atoms with E-state index in [4.69, 9.17) is 18.9 Å². The molecule has 0 aliphatic carbocycles. The van der Waals surface area contributed by atoms with Gasteiger partial charge in [0.25, 0.3) is 0 Å². The number of nitrogens with one attached hydrogen (secondary N) is 1. The van der Waals surface area contributed by atoms with E-state index < -0.39 is 29.7 Å². The summed E-state index contributed by atoms with van der Waals surface area (Å²) in [5.74, 6) is -1.08. The van der Waals surface area contributed by atoms with Crippen molar-refractivity contribution in [3.8, 4) is 5.75 Å². The van der Waals surface area contributed by atoms with Crippen LogP contribution >= 0.6 is 0 Å². The van der Waals surface area contributed by atoms with Gasteiger partial charge in [-0.3, -0.25) is 19.2 Å². The summed E-state index contributed by atoms with van der Waals surface area (Å²) in [5.41, 5.74) is 0.785. The van der Waals surface area contributed by atoms with E-state index >= 15 is 0 Å². The minimum atomic E-state index is -1.08. The van der Waals surface area contributed by atoms with Crippen LogP contribution in [0, 0.1) is 0 Å². The molecule has 0 radical (unpaired) electrons. The molecule has 2 heterocycles. The van der Waals surface area contributed by atoms with E-state index in [2.05, 4.69) is 5.32 Å². The second kappa shape index (κ2) is 11.0. The Bertz CT molecular complexity index is 1810. The summed E-state index contributed by atoms with van der Waals surface area (Å²) >= 11 is 0. The summed E-state index contributed by atoms with van der Waals surface area (Å²) in [4.78, 5) is 50.6. The monoisotopic (exact) mass is 574 g/mol. The molecule has 220 valence electrons. The zero-order valence-corrected chi connectivity index (χ0v) is 24.5. The van der Waals surface area contributed by atoms with Gasteiger partial charge in [-0.25, -0.2) is 0 Å². The van der Waals surface area contributed by atoms with Gasteiger partial charge in [-0.2, -0.15) is 0 Å². The van der Waals surface area contributed by atoms with E-state index in [0.717, 1.165) is 10.8 Å². The number of carbonyl (C=O) groups is 3. The maximum Gasteiger partial charge on any atom is 0.305 e. The van der Waals surface area contributed by atoms with Crippen LogP contribution in [-0.2, 0) is 35.6 Å². The number of hydrogen-bond donors (Lipinski definition) is 1. The topological polar surface area (TPSA) is 122 Å². The zero-order chi connectivity index (χ0) is 30.3. The third-order valence-corrected chi connectivity index (χ3v) is 7.64. The molecule has 0 bridgehead atoms. The first-order chi connectivity index (χ1) is 19.9. The van der Waals surface area contributed by atoms with E-state index in [9.17, 15) is 19.2 Å². The fraction of sp³-hybridized carbons (Fsp3) is 0.375. The van der Waals surface area contributed by atoms with E-state index in [1.165, 1.54) is 21.0 Å². The number of ether oxygens (including phenoxy) is 4. The lowest BCUT2D eigenvalue weighted by atomic mass is 9.86. The van der Waals surface area contributed by atoms with Gasteiger partial charge in [0, 0.05) is 45.3 Å². The van der Waals surface area contributed by atoms with Crippen LogP contribution in [0.2, 0.25) is 0 Å². The molecule has 0 spiro atoms. The molecule has 0 fully saturated rings. The van der Waals surface area contributed by atoms with Gasteiger partial charge in [0.1, 0.15) is 11.4 Å². The summed E-state index contributed by atoms with van der Waals surface area (Å²) in [6, 6.07) is 13.3. The molecular formula is C32H34N2O8. The minimum Gasteiger partial charge on any atom is -0.483 e. The van der Waals surface area contributed by atoms with Gasteiger partial charge in [0.2, 0.25) is 0 Å². The van der Waals surface area contributed by atoms with Crippen LogP contribution in [0.1, 0.15) is 52.2 Å². The number of rotatable bonds is 7. The number of fused-ring (bicyclic) bond motifs is 5. The Morgan fingerprint density at radius 1 is 1.02 bits per heavy atom. The zero-order valence-electron chi connectivity index (χ0n) is 24.5. The molecule has 0 amide bonds. The highest BCUT2D eigenvalue weighted by atomic mass is 16.6. The first-order valence-electron chi connectivity index (χ1n) is 13.8.